The van der Waals surface area contributed by atoms with E-state index in [9.17, 15) is 13.2 Å². The minimum atomic E-state index is -4.03. The highest BCUT2D eigenvalue weighted by atomic mass is 32.2. The molecular weight excluding hydrogens is 406 g/mol. The van der Waals surface area contributed by atoms with Crippen LogP contribution in [0, 0.1) is 6.92 Å². The van der Waals surface area contributed by atoms with Crippen molar-refractivity contribution >= 4 is 26.9 Å². The maximum absolute atomic E-state index is 13.5. The van der Waals surface area contributed by atoms with Crippen LogP contribution in [0.4, 0.5) is 0 Å². The summed E-state index contributed by atoms with van der Waals surface area (Å²) in [4.78, 5) is 12.5. The van der Waals surface area contributed by atoms with Crippen molar-refractivity contribution in [3.05, 3.63) is 59.8 Å². The van der Waals surface area contributed by atoms with Gasteiger partial charge in [-0.2, -0.15) is 0 Å². The molecular formula is C22H23NO6S. The molecule has 8 heteroatoms. The molecule has 1 saturated heterocycles. The molecule has 1 aromatic heterocycles. The number of carbonyl (C=O) groups excluding carboxylic acids is 1. The number of hydrogen-bond acceptors (Lipinski definition) is 6. The lowest BCUT2D eigenvalue weighted by Crippen LogP contribution is -2.25. The first kappa shape index (κ1) is 20.4. The number of hydrogen-bond donors (Lipinski definition) is 0. The normalized spacial score (nSPS) is 15.3. The number of fused-ring (bicyclic) bond motifs is 1. The number of nitrogens with zero attached hydrogens (tertiary/aromatic N) is 1. The molecule has 1 aliphatic rings. The van der Waals surface area contributed by atoms with Crippen LogP contribution in [0.5, 0.6) is 5.75 Å². The number of methoxy groups -OCH3 is 1. The summed E-state index contributed by atoms with van der Waals surface area (Å²) in [6.45, 7) is 3.15. The van der Waals surface area contributed by atoms with Crippen molar-refractivity contribution in [2.45, 2.75) is 30.8 Å². The van der Waals surface area contributed by atoms with Crippen LogP contribution >= 0.6 is 0 Å². The average Bonchev–Trinajstić information content (AvgIpc) is 3.14. The summed E-state index contributed by atoms with van der Waals surface area (Å²) in [6, 6.07) is 13.2. The first-order chi connectivity index (χ1) is 14.4. The number of ether oxygens (including phenoxy) is 3. The molecule has 0 amide bonds. The SMILES string of the molecule is COC(=O)c1cc2ccc(OC3CCOCC3)cc2n1S(=O)(=O)c1ccc(C)cc1. The van der Waals surface area contributed by atoms with Crippen LogP contribution < -0.4 is 4.74 Å². The van der Waals surface area contributed by atoms with Crippen molar-refractivity contribution in [1.29, 1.82) is 0 Å². The smallest absolute Gasteiger partial charge is 0.355 e. The van der Waals surface area contributed by atoms with Crippen LogP contribution in [-0.4, -0.2) is 44.8 Å². The van der Waals surface area contributed by atoms with Gasteiger partial charge in [-0.05, 0) is 37.3 Å². The molecule has 2 aromatic carbocycles. The van der Waals surface area contributed by atoms with Crippen LogP contribution in [0.1, 0.15) is 28.9 Å². The summed E-state index contributed by atoms with van der Waals surface area (Å²) in [5.41, 5.74) is 1.24. The zero-order valence-corrected chi connectivity index (χ0v) is 17.6. The minimum Gasteiger partial charge on any atom is -0.490 e. The van der Waals surface area contributed by atoms with E-state index in [0.717, 1.165) is 22.4 Å². The van der Waals surface area contributed by atoms with Crippen LogP contribution in [0.15, 0.2) is 53.4 Å². The molecule has 1 aliphatic heterocycles. The number of carbonyl (C=O) groups is 1. The van der Waals surface area contributed by atoms with E-state index in [0.29, 0.717) is 29.9 Å². The fourth-order valence-electron chi connectivity index (χ4n) is 3.54. The molecule has 2 heterocycles. The molecule has 30 heavy (non-hydrogen) atoms. The van der Waals surface area contributed by atoms with Crippen LogP contribution in [0.25, 0.3) is 10.9 Å². The predicted molar refractivity (Wildman–Crippen MR) is 112 cm³/mol. The van der Waals surface area contributed by atoms with Crippen molar-refractivity contribution in [2.24, 2.45) is 0 Å². The van der Waals surface area contributed by atoms with Crippen molar-refractivity contribution < 1.29 is 27.4 Å². The van der Waals surface area contributed by atoms with E-state index in [2.05, 4.69) is 0 Å². The Kier molecular flexibility index (Phi) is 5.53. The number of benzene rings is 2. The molecule has 0 saturated carbocycles. The largest absolute Gasteiger partial charge is 0.490 e. The average molecular weight is 429 g/mol. The van der Waals surface area contributed by atoms with Crippen LogP contribution in [-0.2, 0) is 19.5 Å². The van der Waals surface area contributed by atoms with Gasteiger partial charge in [-0.1, -0.05) is 17.7 Å². The van der Waals surface area contributed by atoms with Gasteiger partial charge in [-0.15, -0.1) is 0 Å². The highest BCUT2D eigenvalue weighted by molar-refractivity contribution is 7.90. The van der Waals surface area contributed by atoms with Gasteiger partial charge in [0.05, 0.1) is 30.7 Å². The van der Waals surface area contributed by atoms with Gasteiger partial charge in [0.1, 0.15) is 17.5 Å². The molecule has 7 nitrogen and oxygen atoms in total. The Bertz CT molecular complexity index is 1170. The third-order valence-corrected chi connectivity index (χ3v) is 6.90. The fourth-order valence-corrected chi connectivity index (χ4v) is 5.03. The predicted octanol–water partition coefficient (Wildman–Crippen LogP) is 3.53. The molecule has 0 N–H and O–H groups in total. The number of esters is 1. The minimum absolute atomic E-state index is 0.00777. The van der Waals surface area contributed by atoms with E-state index in [1.165, 1.54) is 25.3 Å². The first-order valence-electron chi connectivity index (χ1n) is 9.70. The van der Waals surface area contributed by atoms with E-state index < -0.39 is 16.0 Å². The second-order valence-corrected chi connectivity index (χ2v) is 9.04. The van der Waals surface area contributed by atoms with Gasteiger partial charge in [-0.3, -0.25) is 0 Å². The lowest BCUT2D eigenvalue weighted by atomic mass is 10.1. The summed E-state index contributed by atoms with van der Waals surface area (Å²) in [6.07, 6.45) is 1.55. The third kappa shape index (κ3) is 3.80. The topological polar surface area (TPSA) is 83.8 Å². The second-order valence-electron chi connectivity index (χ2n) is 7.25. The van der Waals surface area contributed by atoms with E-state index in [-0.39, 0.29) is 16.7 Å². The lowest BCUT2D eigenvalue weighted by molar-refractivity contribution is 0.0256. The molecule has 0 radical (unpaired) electrons. The van der Waals surface area contributed by atoms with Gasteiger partial charge in [0.2, 0.25) is 0 Å². The molecule has 0 bridgehead atoms. The van der Waals surface area contributed by atoms with E-state index in [1.807, 2.05) is 6.92 Å². The van der Waals surface area contributed by atoms with E-state index in [4.69, 9.17) is 14.2 Å². The van der Waals surface area contributed by atoms with Crippen molar-refractivity contribution in [1.82, 2.24) is 3.97 Å². The van der Waals surface area contributed by atoms with Gasteiger partial charge in [0, 0.05) is 24.3 Å². The molecule has 158 valence electrons. The maximum atomic E-state index is 13.5. The fraction of sp³-hybridized carbons (Fsp3) is 0.318. The number of aryl methyl sites for hydroxylation is 1. The highest BCUT2D eigenvalue weighted by Gasteiger charge is 2.27. The summed E-state index contributed by atoms with van der Waals surface area (Å²) in [5, 5.41) is 0.602. The quantitative estimate of drug-likeness (QED) is 0.577. The Balaban J connectivity index is 1.85. The van der Waals surface area contributed by atoms with E-state index in [1.54, 1.807) is 30.3 Å². The molecule has 3 aromatic rings. The zero-order chi connectivity index (χ0) is 21.3. The highest BCUT2D eigenvalue weighted by Crippen LogP contribution is 2.30. The Labute approximate surface area is 175 Å². The summed E-state index contributed by atoms with van der Waals surface area (Å²) >= 11 is 0. The Hall–Kier alpha value is -2.84. The van der Waals surface area contributed by atoms with Gasteiger partial charge < -0.3 is 14.2 Å². The van der Waals surface area contributed by atoms with Crippen LogP contribution in [0.3, 0.4) is 0 Å². The molecule has 0 unspecified atom stereocenters. The first-order valence-corrected chi connectivity index (χ1v) is 11.1. The maximum Gasteiger partial charge on any atom is 0.355 e. The lowest BCUT2D eigenvalue weighted by Gasteiger charge is -2.23. The van der Waals surface area contributed by atoms with Crippen molar-refractivity contribution in [3.63, 3.8) is 0 Å². The summed E-state index contributed by atoms with van der Waals surface area (Å²) in [5.74, 6) is -0.182. The van der Waals surface area contributed by atoms with Crippen LogP contribution in [0.2, 0.25) is 0 Å². The molecule has 1 fully saturated rings. The second kappa shape index (κ2) is 8.12. The molecule has 0 atom stereocenters. The molecule has 4 rings (SSSR count). The van der Waals surface area contributed by atoms with Crippen molar-refractivity contribution in [2.75, 3.05) is 20.3 Å². The summed E-state index contributed by atoms with van der Waals surface area (Å²) < 4.78 is 44.2. The standard InChI is InChI=1S/C22H23NO6S/c1-15-3-7-19(8-4-15)30(25,26)23-20-14-18(29-17-9-11-28-12-10-17)6-5-16(20)13-21(23)22(24)27-2/h3-8,13-14,17H,9-12H2,1-2H3. The Morgan fingerprint density at radius 1 is 1.07 bits per heavy atom. The van der Waals surface area contributed by atoms with Gasteiger partial charge >= 0.3 is 5.97 Å². The number of aromatic nitrogens is 1. The van der Waals surface area contributed by atoms with E-state index >= 15 is 0 Å². The Morgan fingerprint density at radius 2 is 1.77 bits per heavy atom. The molecule has 0 spiro atoms. The number of rotatable bonds is 5. The van der Waals surface area contributed by atoms with Gasteiger partial charge in [0.25, 0.3) is 10.0 Å². The summed E-state index contributed by atoms with van der Waals surface area (Å²) in [7, 11) is -2.81. The van der Waals surface area contributed by atoms with Gasteiger partial charge in [-0.25, -0.2) is 17.2 Å². The zero-order valence-electron chi connectivity index (χ0n) is 16.8. The molecule has 0 aliphatic carbocycles. The monoisotopic (exact) mass is 429 g/mol. The van der Waals surface area contributed by atoms with Crippen molar-refractivity contribution in [3.8, 4) is 5.75 Å². The Morgan fingerprint density at radius 3 is 2.43 bits per heavy atom. The third-order valence-electron chi connectivity index (χ3n) is 5.16. The van der Waals surface area contributed by atoms with Gasteiger partial charge in [0.15, 0.2) is 0 Å².